The number of aryl methyl sites for hydroxylation is 1. The summed E-state index contributed by atoms with van der Waals surface area (Å²) in [5, 5.41) is 4.23. The third-order valence-corrected chi connectivity index (χ3v) is 2.83. The molecule has 1 aromatic rings. The number of halogens is 1. The molecule has 0 saturated carbocycles. The smallest absolute Gasteiger partial charge is 0.0438 e. The second-order valence-corrected chi connectivity index (χ2v) is 3.71. The molecule has 0 amide bonds. The van der Waals surface area contributed by atoms with Crippen LogP contribution in [0.2, 0.25) is 5.02 Å². The van der Waals surface area contributed by atoms with Crippen molar-refractivity contribution in [3.8, 4) is 0 Å². The van der Waals surface area contributed by atoms with Crippen LogP contribution in [0.5, 0.6) is 0 Å². The molecule has 1 N–H and O–H groups in total. The van der Waals surface area contributed by atoms with Crippen LogP contribution >= 0.6 is 11.6 Å². The molecular weight excluding hydrogens is 170 g/mol. The summed E-state index contributed by atoms with van der Waals surface area (Å²) in [4.78, 5) is 0. The fourth-order valence-electron chi connectivity index (χ4n) is 1.40. The number of nitrogens with one attached hydrogen (secondary N) is 1. The number of rotatable bonds is 1. The monoisotopic (exact) mass is 181 g/mol. The molecule has 1 aliphatic rings. The molecule has 1 saturated heterocycles. The Morgan fingerprint density at radius 1 is 1.50 bits per heavy atom. The highest BCUT2D eigenvalue weighted by Crippen LogP contribution is 2.26. The normalized spacial score (nSPS) is 22.0. The van der Waals surface area contributed by atoms with Crippen molar-refractivity contribution in [2.45, 2.75) is 19.4 Å². The molecule has 2 heteroatoms. The van der Waals surface area contributed by atoms with Gasteiger partial charge in [-0.25, -0.2) is 0 Å². The van der Waals surface area contributed by atoms with Crippen LogP contribution in [0.4, 0.5) is 0 Å². The molecule has 0 aliphatic carbocycles. The maximum absolute atomic E-state index is 6.01. The van der Waals surface area contributed by atoms with Crippen molar-refractivity contribution in [3.63, 3.8) is 0 Å². The van der Waals surface area contributed by atoms with Gasteiger partial charge in [-0.1, -0.05) is 23.7 Å². The Bertz CT molecular complexity index is 292. The minimum atomic E-state index is 0.545. The van der Waals surface area contributed by atoms with Crippen LogP contribution in [-0.2, 0) is 0 Å². The van der Waals surface area contributed by atoms with E-state index >= 15 is 0 Å². The predicted molar refractivity (Wildman–Crippen MR) is 51.5 cm³/mol. The van der Waals surface area contributed by atoms with Gasteiger partial charge in [0.15, 0.2) is 0 Å². The molecule has 1 heterocycles. The van der Waals surface area contributed by atoms with E-state index < -0.39 is 0 Å². The van der Waals surface area contributed by atoms with Crippen molar-refractivity contribution >= 4 is 11.6 Å². The molecule has 64 valence electrons. The fraction of sp³-hybridized carbons (Fsp3) is 0.400. The van der Waals surface area contributed by atoms with Crippen LogP contribution in [0.1, 0.15) is 23.6 Å². The minimum absolute atomic E-state index is 0.545. The molecule has 1 nitrogen and oxygen atoms in total. The van der Waals surface area contributed by atoms with E-state index in [1.165, 1.54) is 12.0 Å². The number of hydrogen-bond donors (Lipinski definition) is 1. The van der Waals surface area contributed by atoms with Crippen LogP contribution in [-0.4, -0.2) is 6.54 Å². The first-order valence-corrected chi connectivity index (χ1v) is 4.64. The summed E-state index contributed by atoms with van der Waals surface area (Å²) in [5.74, 6) is 0. The van der Waals surface area contributed by atoms with Gasteiger partial charge in [-0.2, -0.15) is 0 Å². The summed E-state index contributed by atoms with van der Waals surface area (Å²) in [5.41, 5.74) is 2.47. The lowest BCUT2D eigenvalue weighted by Gasteiger charge is -2.28. The molecule has 1 aliphatic heterocycles. The number of benzene rings is 1. The SMILES string of the molecule is Cc1ccc([C@H]2CCN2)cc1Cl. The Morgan fingerprint density at radius 3 is 2.75 bits per heavy atom. The Balaban J connectivity index is 2.27. The van der Waals surface area contributed by atoms with E-state index in [2.05, 4.69) is 23.5 Å². The van der Waals surface area contributed by atoms with Gasteiger partial charge in [0.25, 0.3) is 0 Å². The zero-order chi connectivity index (χ0) is 8.55. The summed E-state index contributed by atoms with van der Waals surface area (Å²) >= 11 is 6.01. The van der Waals surface area contributed by atoms with Gasteiger partial charge in [0.1, 0.15) is 0 Å². The van der Waals surface area contributed by atoms with Crippen molar-refractivity contribution in [3.05, 3.63) is 34.3 Å². The van der Waals surface area contributed by atoms with Crippen LogP contribution in [0.3, 0.4) is 0 Å². The van der Waals surface area contributed by atoms with Gasteiger partial charge in [-0.15, -0.1) is 0 Å². The topological polar surface area (TPSA) is 12.0 Å². The molecule has 12 heavy (non-hydrogen) atoms. The predicted octanol–water partition coefficient (Wildman–Crippen LogP) is 2.68. The first-order chi connectivity index (χ1) is 5.77. The summed E-state index contributed by atoms with van der Waals surface area (Å²) < 4.78 is 0. The zero-order valence-electron chi connectivity index (χ0n) is 7.10. The second kappa shape index (κ2) is 3.08. The summed E-state index contributed by atoms with van der Waals surface area (Å²) in [7, 11) is 0. The number of hydrogen-bond acceptors (Lipinski definition) is 1. The largest absolute Gasteiger partial charge is 0.310 e. The molecule has 0 radical (unpaired) electrons. The highest BCUT2D eigenvalue weighted by Gasteiger charge is 2.18. The summed E-state index contributed by atoms with van der Waals surface area (Å²) in [6.07, 6.45) is 1.24. The third kappa shape index (κ3) is 1.35. The van der Waals surface area contributed by atoms with Gasteiger partial charge < -0.3 is 5.32 Å². The molecule has 1 aromatic carbocycles. The molecule has 0 spiro atoms. The standard InChI is InChI=1S/C10H12ClN/c1-7-2-3-8(6-9(7)11)10-4-5-12-10/h2-3,6,10,12H,4-5H2,1H3/t10-/m1/s1. The molecule has 0 unspecified atom stereocenters. The lowest BCUT2D eigenvalue weighted by atomic mass is 9.97. The van der Waals surface area contributed by atoms with Crippen molar-refractivity contribution < 1.29 is 0 Å². The molecular formula is C10H12ClN. The van der Waals surface area contributed by atoms with Gasteiger partial charge in [0.05, 0.1) is 0 Å². The maximum Gasteiger partial charge on any atom is 0.0438 e. The lowest BCUT2D eigenvalue weighted by molar-refractivity contribution is 0.383. The first-order valence-electron chi connectivity index (χ1n) is 4.27. The first kappa shape index (κ1) is 8.09. The van der Waals surface area contributed by atoms with E-state index in [0.717, 1.165) is 17.1 Å². The molecule has 2 rings (SSSR count). The van der Waals surface area contributed by atoms with Gasteiger partial charge >= 0.3 is 0 Å². The van der Waals surface area contributed by atoms with E-state index in [4.69, 9.17) is 11.6 Å². The lowest BCUT2D eigenvalue weighted by Crippen LogP contribution is -2.34. The van der Waals surface area contributed by atoms with Gasteiger partial charge in [0.2, 0.25) is 0 Å². The van der Waals surface area contributed by atoms with E-state index in [1.54, 1.807) is 0 Å². The fourth-order valence-corrected chi connectivity index (χ4v) is 1.59. The minimum Gasteiger partial charge on any atom is -0.310 e. The van der Waals surface area contributed by atoms with Crippen molar-refractivity contribution in [2.24, 2.45) is 0 Å². The summed E-state index contributed by atoms with van der Waals surface area (Å²) in [6, 6.07) is 6.84. The van der Waals surface area contributed by atoms with Crippen LogP contribution < -0.4 is 5.32 Å². The zero-order valence-corrected chi connectivity index (χ0v) is 7.86. The van der Waals surface area contributed by atoms with Gasteiger partial charge in [-0.3, -0.25) is 0 Å². The Labute approximate surface area is 77.7 Å². The quantitative estimate of drug-likeness (QED) is 0.703. The molecule has 1 fully saturated rings. The third-order valence-electron chi connectivity index (χ3n) is 2.42. The molecule has 1 atom stereocenters. The van der Waals surface area contributed by atoms with Gasteiger partial charge in [-0.05, 0) is 37.1 Å². The summed E-state index contributed by atoms with van der Waals surface area (Å²) in [6.45, 7) is 3.16. The second-order valence-electron chi connectivity index (χ2n) is 3.30. The Kier molecular flexibility index (Phi) is 2.07. The van der Waals surface area contributed by atoms with E-state index in [9.17, 15) is 0 Å². The molecule has 0 bridgehead atoms. The average molecular weight is 182 g/mol. The van der Waals surface area contributed by atoms with E-state index in [-0.39, 0.29) is 0 Å². The molecule has 0 aromatic heterocycles. The maximum atomic E-state index is 6.01. The van der Waals surface area contributed by atoms with Crippen LogP contribution in [0, 0.1) is 6.92 Å². The highest BCUT2D eigenvalue weighted by atomic mass is 35.5. The van der Waals surface area contributed by atoms with E-state index in [1.807, 2.05) is 6.92 Å². The Hall–Kier alpha value is -0.530. The van der Waals surface area contributed by atoms with Crippen LogP contribution in [0.25, 0.3) is 0 Å². The van der Waals surface area contributed by atoms with Crippen molar-refractivity contribution in [1.82, 2.24) is 5.32 Å². The highest BCUT2D eigenvalue weighted by molar-refractivity contribution is 6.31. The van der Waals surface area contributed by atoms with Crippen molar-refractivity contribution in [2.75, 3.05) is 6.54 Å². The Morgan fingerprint density at radius 2 is 2.25 bits per heavy atom. The van der Waals surface area contributed by atoms with E-state index in [0.29, 0.717) is 6.04 Å². The van der Waals surface area contributed by atoms with Crippen molar-refractivity contribution in [1.29, 1.82) is 0 Å². The average Bonchev–Trinajstić information content (AvgIpc) is 1.93. The van der Waals surface area contributed by atoms with Gasteiger partial charge in [0, 0.05) is 11.1 Å². The van der Waals surface area contributed by atoms with Crippen LogP contribution in [0.15, 0.2) is 18.2 Å².